The first-order valence-corrected chi connectivity index (χ1v) is 24.3. The molecule has 2 atom stereocenters. The lowest BCUT2D eigenvalue weighted by Crippen LogP contribution is -2.37. The van der Waals surface area contributed by atoms with Crippen molar-refractivity contribution in [1.82, 2.24) is 4.89 Å². The summed E-state index contributed by atoms with van der Waals surface area (Å²) in [5.41, 5.74) is 10.3. The number of aliphatic imine (C=N–C) groups is 1. The molecule has 0 saturated carbocycles. The first-order chi connectivity index (χ1) is 34.2. The van der Waals surface area contributed by atoms with Gasteiger partial charge in [0, 0.05) is 74.0 Å². The van der Waals surface area contributed by atoms with Crippen LogP contribution in [0.2, 0.25) is 0 Å². The number of ether oxygens (including phenoxy) is 6. The summed E-state index contributed by atoms with van der Waals surface area (Å²) in [7, 11) is 3.19. The minimum atomic E-state index is -0.426. The lowest BCUT2D eigenvalue weighted by molar-refractivity contribution is -0.146. The maximum Gasteiger partial charge on any atom is 0.326 e. The number of carbonyl (C=O) groups is 3. The van der Waals surface area contributed by atoms with E-state index in [2.05, 4.69) is 40.8 Å². The van der Waals surface area contributed by atoms with Gasteiger partial charge in [-0.1, -0.05) is 54.1 Å². The number of amides is 2. The van der Waals surface area contributed by atoms with E-state index >= 15 is 0 Å². The Hall–Kier alpha value is -6.43. The fourth-order valence-electron chi connectivity index (χ4n) is 9.84. The highest BCUT2D eigenvalue weighted by molar-refractivity contribution is 7.77. The van der Waals surface area contributed by atoms with Crippen LogP contribution in [0.3, 0.4) is 0 Å². The lowest BCUT2D eigenvalue weighted by Gasteiger charge is -2.26. The average molecular weight is 970 g/mol. The van der Waals surface area contributed by atoms with Crippen molar-refractivity contribution < 1.29 is 47.6 Å². The predicted octanol–water partition coefficient (Wildman–Crippen LogP) is 8.13. The summed E-state index contributed by atoms with van der Waals surface area (Å²) in [5.74, 6) is 1.00. The number of fused-ring (bicyclic) bond motifs is 8. The Morgan fingerprint density at radius 3 is 2.17 bits per heavy atom. The van der Waals surface area contributed by atoms with Gasteiger partial charge < -0.3 is 43.1 Å². The maximum atomic E-state index is 14.1. The van der Waals surface area contributed by atoms with Crippen LogP contribution in [-0.2, 0) is 56.3 Å². The molecule has 4 heterocycles. The van der Waals surface area contributed by atoms with Crippen LogP contribution in [-0.4, -0.2) is 96.4 Å². The summed E-state index contributed by atoms with van der Waals surface area (Å²) in [5, 5.41) is 0. The number of methoxy groups -OCH3 is 2. The molecule has 0 spiro atoms. The molecule has 4 aliphatic heterocycles. The molecular formula is C54H59N5O10S. The highest BCUT2D eigenvalue weighted by Gasteiger charge is 2.38. The first kappa shape index (κ1) is 48.6. The summed E-state index contributed by atoms with van der Waals surface area (Å²) < 4.78 is 35.7. The van der Waals surface area contributed by atoms with E-state index in [1.54, 1.807) is 26.4 Å². The third-order valence-corrected chi connectivity index (χ3v) is 13.4. The Morgan fingerprint density at radius 1 is 0.743 bits per heavy atom. The fraction of sp³-hybridized carbons (Fsp3) is 0.370. The normalized spacial score (nSPS) is 16.3. The van der Waals surface area contributed by atoms with Crippen molar-refractivity contribution in [3.63, 3.8) is 0 Å². The van der Waals surface area contributed by atoms with E-state index in [-0.39, 0.29) is 43.5 Å². The van der Waals surface area contributed by atoms with Crippen molar-refractivity contribution in [2.24, 2.45) is 4.99 Å². The molecule has 0 bridgehead atoms. The van der Waals surface area contributed by atoms with Crippen molar-refractivity contribution in [2.45, 2.75) is 70.7 Å². The molecule has 2 amide bonds. The van der Waals surface area contributed by atoms with E-state index in [9.17, 15) is 14.4 Å². The smallest absolute Gasteiger partial charge is 0.326 e. The molecule has 4 aliphatic rings. The van der Waals surface area contributed by atoms with Crippen molar-refractivity contribution in [2.75, 3.05) is 75.0 Å². The second-order valence-corrected chi connectivity index (χ2v) is 18.0. The van der Waals surface area contributed by atoms with Crippen molar-refractivity contribution in [3.05, 3.63) is 136 Å². The third kappa shape index (κ3) is 10.8. The third-order valence-electron chi connectivity index (χ3n) is 13.3. The molecule has 16 heteroatoms. The minimum absolute atomic E-state index is 0.0305. The summed E-state index contributed by atoms with van der Waals surface area (Å²) in [6.07, 6.45) is 5.65. The SMILES string of the molecule is COCCOCCOCCN(CCCC(=O)ONS)c1cc(COc2cc3c(cc2C)C(=O)N2c4ccccc4C[C@H]2CC3)cc(COc2cc3c(cc2OC)C(=O)N2c4ccccc4C[C@H]2C=N3)c1. The van der Waals surface area contributed by atoms with Gasteiger partial charge in [-0.25, -0.2) is 0 Å². The standard InChI is InChI=1S/C54H59N5O10S/c1-35-23-44-38(14-15-41-27-39-9-4-6-11-47(39)58(41)53(44)61)29-49(35)67-33-36-24-37(26-42(25-36)57(16-8-13-52(60)69-56-70)17-18-65-21-22-66-20-19-63-2)34-68-51-31-46-45(30-50(51)64-3)54(62)59-43(32-55-46)28-40-10-5-7-12-48(40)59/h4-7,9-12,23-26,29-32,41,43,56,70H,8,13-22,27-28,33-34H2,1-3H3/t41-,43+/m1/s1. The van der Waals surface area contributed by atoms with Gasteiger partial charge in [0.05, 0.1) is 57.4 Å². The summed E-state index contributed by atoms with van der Waals surface area (Å²) in [6.45, 7) is 5.58. The highest BCUT2D eigenvalue weighted by atomic mass is 32.1. The van der Waals surface area contributed by atoms with Crippen LogP contribution in [0.4, 0.5) is 22.7 Å². The van der Waals surface area contributed by atoms with E-state index in [1.165, 1.54) is 5.56 Å². The molecule has 0 aromatic heterocycles. The van der Waals surface area contributed by atoms with E-state index < -0.39 is 5.97 Å². The molecule has 5 aromatic carbocycles. The molecule has 1 N–H and O–H groups in total. The van der Waals surface area contributed by atoms with E-state index in [1.807, 2.05) is 83.6 Å². The average Bonchev–Trinajstić information content (AvgIpc) is 3.86. The van der Waals surface area contributed by atoms with Crippen molar-refractivity contribution in [1.29, 1.82) is 0 Å². The first-order valence-electron chi connectivity index (χ1n) is 23.8. The number of benzene rings is 5. The van der Waals surface area contributed by atoms with Crippen LogP contribution in [0.25, 0.3) is 0 Å². The number of aryl methyl sites for hydroxylation is 2. The molecule has 0 fully saturated rings. The largest absolute Gasteiger partial charge is 0.493 e. The lowest BCUT2D eigenvalue weighted by atomic mass is 9.98. The van der Waals surface area contributed by atoms with Crippen LogP contribution in [0, 0.1) is 6.92 Å². The minimum Gasteiger partial charge on any atom is -0.493 e. The van der Waals surface area contributed by atoms with Gasteiger partial charge in [-0.3, -0.25) is 24.3 Å². The van der Waals surface area contributed by atoms with E-state index in [0.29, 0.717) is 93.0 Å². The summed E-state index contributed by atoms with van der Waals surface area (Å²) in [4.78, 5) is 58.4. The molecular weight excluding hydrogens is 911 g/mol. The number of carbonyl (C=O) groups excluding carboxylic acids is 3. The second-order valence-electron chi connectivity index (χ2n) is 17.8. The number of nitrogens with one attached hydrogen (secondary N) is 1. The molecule has 0 saturated heterocycles. The van der Waals surface area contributed by atoms with E-state index in [4.69, 9.17) is 38.3 Å². The maximum absolute atomic E-state index is 14.1. The number of hydrogen-bond donors (Lipinski definition) is 2. The van der Waals surface area contributed by atoms with Gasteiger partial charge in [0.15, 0.2) is 11.5 Å². The van der Waals surface area contributed by atoms with Crippen LogP contribution >= 0.6 is 12.8 Å². The van der Waals surface area contributed by atoms with Crippen molar-refractivity contribution in [3.8, 4) is 17.2 Å². The Labute approximate surface area is 414 Å². The van der Waals surface area contributed by atoms with Gasteiger partial charge in [0.25, 0.3) is 11.8 Å². The van der Waals surface area contributed by atoms with Crippen LogP contribution in [0.15, 0.2) is 96.0 Å². The monoisotopic (exact) mass is 969 g/mol. The van der Waals surface area contributed by atoms with Crippen molar-refractivity contribution >= 4 is 59.6 Å². The molecule has 15 nitrogen and oxygen atoms in total. The Bertz CT molecular complexity index is 2750. The number of thiol groups is 1. The number of para-hydroxylation sites is 2. The second kappa shape index (κ2) is 22.5. The highest BCUT2D eigenvalue weighted by Crippen LogP contribution is 2.42. The quantitative estimate of drug-likeness (QED) is 0.0392. The van der Waals surface area contributed by atoms with E-state index in [0.717, 1.165) is 64.1 Å². The van der Waals surface area contributed by atoms with Gasteiger partial charge in [-0.05, 0) is 115 Å². The summed E-state index contributed by atoms with van der Waals surface area (Å²) >= 11 is 3.81. The molecule has 70 heavy (non-hydrogen) atoms. The number of nitrogens with zero attached hydrogens (tertiary/aromatic N) is 4. The molecule has 0 aliphatic carbocycles. The van der Waals surface area contributed by atoms with Crippen LogP contribution in [0.5, 0.6) is 17.2 Å². The molecule has 0 unspecified atom stereocenters. The van der Waals surface area contributed by atoms with Gasteiger partial charge in [0.2, 0.25) is 0 Å². The van der Waals surface area contributed by atoms with Crippen LogP contribution < -0.4 is 33.8 Å². The fourth-order valence-corrected chi connectivity index (χ4v) is 9.94. The Balaban J connectivity index is 0.978. The van der Waals surface area contributed by atoms with Gasteiger partial charge in [0.1, 0.15) is 19.0 Å². The number of anilines is 3. The predicted molar refractivity (Wildman–Crippen MR) is 270 cm³/mol. The molecule has 5 aromatic rings. The van der Waals surface area contributed by atoms with Gasteiger partial charge in [-0.15, -0.1) is 0 Å². The molecule has 9 rings (SSSR count). The van der Waals surface area contributed by atoms with Crippen LogP contribution in [0.1, 0.15) is 73.4 Å². The Morgan fingerprint density at radius 2 is 1.43 bits per heavy atom. The molecule has 0 radical (unpaired) electrons. The zero-order valence-electron chi connectivity index (χ0n) is 39.8. The summed E-state index contributed by atoms with van der Waals surface area (Å²) in [6, 6.07) is 29.7. The zero-order chi connectivity index (χ0) is 48.6. The topological polar surface area (TPSA) is 150 Å². The molecule has 366 valence electrons. The zero-order valence-corrected chi connectivity index (χ0v) is 40.7. The van der Waals surface area contributed by atoms with Gasteiger partial charge >= 0.3 is 5.97 Å². The number of hydrogen-bond acceptors (Lipinski definition) is 14. The number of rotatable bonds is 22. The van der Waals surface area contributed by atoms with Gasteiger partial charge in [-0.2, -0.15) is 0 Å². The Kier molecular flexibility index (Phi) is 15.6.